The lowest BCUT2D eigenvalue weighted by atomic mass is 9.56. The summed E-state index contributed by atoms with van der Waals surface area (Å²) >= 11 is 0. The molecule has 2 N–H and O–H groups in total. The Morgan fingerprint density at radius 3 is 0.944 bits per heavy atom. The lowest BCUT2D eigenvalue weighted by molar-refractivity contribution is -0.149. The van der Waals surface area contributed by atoms with E-state index < -0.39 is 11.2 Å². The maximum Gasteiger partial charge on any atom is 0.0780 e. The Bertz CT molecular complexity index is 906. The topological polar surface area (TPSA) is 40.5 Å². The number of aliphatic hydroxyl groups is 2. The fourth-order valence-corrected chi connectivity index (χ4v) is 5.95. The minimum absolute atomic E-state index is 0.378. The van der Waals surface area contributed by atoms with E-state index in [1.165, 1.54) is 0 Å². The fraction of sp³-hybridized carbons (Fsp3) is 0.588. The van der Waals surface area contributed by atoms with Gasteiger partial charge in [0.05, 0.1) is 11.2 Å². The summed E-state index contributed by atoms with van der Waals surface area (Å²) in [5.74, 6) is 0. The van der Waals surface area contributed by atoms with Crippen molar-refractivity contribution >= 4 is 5.57 Å². The molecule has 36 heavy (non-hydrogen) atoms. The minimum Gasteiger partial charge on any atom is -0.388 e. The standard InChI is InChI=1S/C34H52O2/c1-29(2,3)33(35,30(4,5)6)23-27(24-34(36,31(7,8)9)32(10,11)12)28(25-19-15-13-16-20-25)26-21-17-14-18-22-26/h13-22,35-36H,23-24H2,1-12H3. The lowest BCUT2D eigenvalue weighted by Gasteiger charge is -2.53. The molecule has 0 aliphatic rings. The summed E-state index contributed by atoms with van der Waals surface area (Å²) < 4.78 is 0. The highest BCUT2D eigenvalue weighted by Crippen LogP contribution is 2.53. The van der Waals surface area contributed by atoms with Crippen molar-refractivity contribution in [3.63, 3.8) is 0 Å². The van der Waals surface area contributed by atoms with Crippen molar-refractivity contribution in [2.75, 3.05) is 0 Å². The van der Waals surface area contributed by atoms with E-state index in [2.05, 4.69) is 132 Å². The third-order valence-corrected chi connectivity index (χ3v) is 8.38. The molecule has 2 rings (SSSR count). The summed E-state index contributed by atoms with van der Waals surface area (Å²) in [7, 11) is 0. The second kappa shape index (κ2) is 10.1. The van der Waals surface area contributed by atoms with Gasteiger partial charge in [-0.1, -0.05) is 149 Å². The molecule has 2 aromatic rings. The molecule has 0 amide bonds. The van der Waals surface area contributed by atoms with Gasteiger partial charge >= 0.3 is 0 Å². The van der Waals surface area contributed by atoms with E-state index >= 15 is 0 Å². The number of hydrogen-bond donors (Lipinski definition) is 2. The second-order valence-corrected chi connectivity index (χ2v) is 14.8. The van der Waals surface area contributed by atoms with E-state index in [9.17, 15) is 10.2 Å². The molecule has 0 spiro atoms. The summed E-state index contributed by atoms with van der Waals surface area (Å²) in [6, 6.07) is 20.9. The molecule has 0 radical (unpaired) electrons. The largest absolute Gasteiger partial charge is 0.388 e. The summed E-state index contributed by atoms with van der Waals surface area (Å²) in [5.41, 5.74) is 0.868. The zero-order valence-corrected chi connectivity index (χ0v) is 25.1. The van der Waals surface area contributed by atoms with Gasteiger partial charge in [0, 0.05) is 0 Å². The van der Waals surface area contributed by atoms with E-state index in [0.717, 1.165) is 22.3 Å². The Hall–Kier alpha value is -1.90. The number of hydrogen-bond acceptors (Lipinski definition) is 2. The first-order chi connectivity index (χ1) is 16.2. The van der Waals surface area contributed by atoms with Crippen LogP contribution in [0.25, 0.3) is 5.57 Å². The normalized spacial score (nSPS) is 14.1. The van der Waals surface area contributed by atoms with Crippen LogP contribution in [0, 0.1) is 21.7 Å². The van der Waals surface area contributed by atoms with E-state index in [1.807, 2.05) is 12.1 Å². The second-order valence-electron chi connectivity index (χ2n) is 14.8. The van der Waals surface area contributed by atoms with Crippen molar-refractivity contribution in [2.45, 2.75) is 107 Å². The average Bonchev–Trinajstić information content (AvgIpc) is 2.72. The first-order valence-corrected chi connectivity index (χ1v) is 13.4. The van der Waals surface area contributed by atoms with Crippen LogP contribution in [0.15, 0.2) is 66.2 Å². The predicted molar refractivity (Wildman–Crippen MR) is 156 cm³/mol. The maximum atomic E-state index is 12.5. The van der Waals surface area contributed by atoms with Gasteiger partial charge in [-0.3, -0.25) is 0 Å². The quantitative estimate of drug-likeness (QED) is 0.422. The van der Waals surface area contributed by atoms with Crippen molar-refractivity contribution < 1.29 is 10.2 Å². The smallest absolute Gasteiger partial charge is 0.0780 e. The Morgan fingerprint density at radius 2 is 0.722 bits per heavy atom. The molecule has 0 unspecified atom stereocenters. The molecule has 0 saturated heterocycles. The molecular weight excluding hydrogens is 440 g/mol. The lowest BCUT2D eigenvalue weighted by Crippen LogP contribution is -2.56. The first kappa shape index (κ1) is 30.3. The number of rotatable bonds is 6. The maximum absolute atomic E-state index is 12.5. The third kappa shape index (κ3) is 5.97. The van der Waals surface area contributed by atoms with Crippen LogP contribution < -0.4 is 0 Å². The molecule has 2 aromatic carbocycles. The summed E-state index contributed by atoms with van der Waals surface area (Å²) in [5, 5.41) is 25.0. The van der Waals surface area contributed by atoms with Gasteiger partial charge in [0.15, 0.2) is 0 Å². The van der Waals surface area contributed by atoms with Crippen LogP contribution in [-0.4, -0.2) is 21.4 Å². The van der Waals surface area contributed by atoms with Crippen LogP contribution in [-0.2, 0) is 0 Å². The predicted octanol–water partition coefficient (Wildman–Crippen LogP) is 8.92. The molecule has 0 saturated carbocycles. The van der Waals surface area contributed by atoms with Gasteiger partial charge in [-0.2, -0.15) is 0 Å². The van der Waals surface area contributed by atoms with Gasteiger partial charge < -0.3 is 10.2 Å². The molecule has 2 heteroatoms. The number of benzene rings is 2. The van der Waals surface area contributed by atoms with Crippen LogP contribution in [0.5, 0.6) is 0 Å². The van der Waals surface area contributed by atoms with E-state index in [1.54, 1.807) is 0 Å². The van der Waals surface area contributed by atoms with E-state index in [-0.39, 0.29) is 21.7 Å². The highest BCUT2D eigenvalue weighted by atomic mass is 16.3. The molecule has 0 fully saturated rings. The van der Waals surface area contributed by atoms with Gasteiger partial charge in [0.2, 0.25) is 0 Å². The van der Waals surface area contributed by atoms with Crippen LogP contribution in [0.1, 0.15) is 107 Å². The zero-order valence-electron chi connectivity index (χ0n) is 25.1. The third-order valence-electron chi connectivity index (χ3n) is 8.38. The summed E-state index contributed by atoms with van der Waals surface area (Å²) in [6.45, 7) is 25.5. The Labute approximate surface area is 221 Å². The summed E-state index contributed by atoms with van der Waals surface area (Å²) in [4.78, 5) is 0. The van der Waals surface area contributed by atoms with Crippen LogP contribution in [0.3, 0.4) is 0 Å². The molecule has 0 atom stereocenters. The van der Waals surface area contributed by atoms with Crippen molar-refractivity contribution in [1.29, 1.82) is 0 Å². The highest BCUT2D eigenvalue weighted by Gasteiger charge is 2.53. The van der Waals surface area contributed by atoms with E-state index in [0.29, 0.717) is 12.8 Å². The molecule has 0 aliphatic heterocycles. The Morgan fingerprint density at radius 1 is 0.472 bits per heavy atom. The fourth-order valence-electron chi connectivity index (χ4n) is 5.95. The Kier molecular flexibility index (Phi) is 8.51. The van der Waals surface area contributed by atoms with Crippen LogP contribution >= 0.6 is 0 Å². The van der Waals surface area contributed by atoms with Gasteiger partial charge in [0.1, 0.15) is 0 Å². The van der Waals surface area contributed by atoms with Crippen LogP contribution in [0.2, 0.25) is 0 Å². The molecule has 200 valence electrons. The Balaban J connectivity index is 3.02. The molecular formula is C34H52O2. The minimum atomic E-state index is -1.01. The summed E-state index contributed by atoms with van der Waals surface area (Å²) in [6.07, 6.45) is 0.932. The van der Waals surface area contributed by atoms with Crippen molar-refractivity contribution in [1.82, 2.24) is 0 Å². The van der Waals surface area contributed by atoms with E-state index in [4.69, 9.17) is 0 Å². The molecule has 2 nitrogen and oxygen atoms in total. The SMILES string of the molecule is CC(C)(C)C(O)(CC(CC(O)(C(C)(C)C)C(C)(C)C)=C(c1ccccc1)c1ccccc1)C(C)(C)C. The van der Waals surface area contributed by atoms with Gasteiger partial charge in [0.25, 0.3) is 0 Å². The van der Waals surface area contributed by atoms with Gasteiger partial charge in [-0.15, -0.1) is 0 Å². The van der Waals surface area contributed by atoms with Gasteiger partial charge in [-0.05, 0) is 51.2 Å². The zero-order chi connectivity index (χ0) is 27.8. The van der Waals surface area contributed by atoms with Crippen LogP contribution in [0.4, 0.5) is 0 Å². The highest BCUT2D eigenvalue weighted by molar-refractivity contribution is 5.82. The molecule has 0 aromatic heterocycles. The molecule has 0 aliphatic carbocycles. The van der Waals surface area contributed by atoms with Crippen molar-refractivity contribution in [2.24, 2.45) is 21.7 Å². The first-order valence-electron chi connectivity index (χ1n) is 13.4. The molecule has 0 heterocycles. The average molecular weight is 493 g/mol. The molecule has 0 bridgehead atoms. The van der Waals surface area contributed by atoms with Gasteiger partial charge in [-0.25, -0.2) is 0 Å². The van der Waals surface area contributed by atoms with Crippen molar-refractivity contribution in [3.05, 3.63) is 77.4 Å². The monoisotopic (exact) mass is 492 g/mol. The van der Waals surface area contributed by atoms with Crippen molar-refractivity contribution in [3.8, 4) is 0 Å².